The summed E-state index contributed by atoms with van der Waals surface area (Å²) in [6.45, 7) is 5.27. The number of hydrogen-bond acceptors (Lipinski definition) is 2. The molecule has 102 valence electrons. The lowest BCUT2D eigenvalue weighted by molar-refractivity contribution is 0.579. The number of nitrogens with one attached hydrogen (secondary N) is 1. The van der Waals surface area contributed by atoms with E-state index in [1.807, 2.05) is 0 Å². The molecule has 1 aromatic heterocycles. The molecular weight excluding hydrogens is 302 g/mol. The molecule has 3 rings (SSSR count). The van der Waals surface area contributed by atoms with Crippen LogP contribution < -0.4 is 5.32 Å². The Bertz CT molecular complexity index is 572. The van der Waals surface area contributed by atoms with Crippen LogP contribution in [0.4, 0.5) is 0 Å². The van der Waals surface area contributed by atoms with E-state index in [1.54, 1.807) is 0 Å². The molecule has 19 heavy (non-hydrogen) atoms. The second-order valence-electron chi connectivity index (χ2n) is 5.39. The first-order valence-corrected chi connectivity index (χ1v) is 7.92. The molecule has 1 N–H and O–H groups in total. The Balaban J connectivity index is 1.84. The third-order valence-corrected chi connectivity index (χ3v) is 4.14. The molecule has 1 aliphatic carbocycles. The Kier molecular flexibility index (Phi) is 3.89. The lowest BCUT2D eigenvalue weighted by Crippen LogP contribution is -2.19. The number of benzene rings is 1. The van der Waals surface area contributed by atoms with Crippen LogP contribution in [0.3, 0.4) is 0 Å². The van der Waals surface area contributed by atoms with E-state index in [1.165, 1.54) is 18.4 Å². The molecule has 0 unspecified atom stereocenters. The average molecular weight is 322 g/mol. The summed E-state index contributed by atoms with van der Waals surface area (Å²) in [6, 6.07) is 6.36. The van der Waals surface area contributed by atoms with Gasteiger partial charge in [0.15, 0.2) is 0 Å². The zero-order chi connectivity index (χ0) is 13.2. The number of fused-ring (bicyclic) bond motifs is 1. The predicted molar refractivity (Wildman–Crippen MR) is 82.2 cm³/mol. The summed E-state index contributed by atoms with van der Waals surface area (Å²) < 4.78 is 3.44. The highest BCUT2D eigenvalue weighted by Gasteiger charge is 2.20. The highest BCUT2D eigenvalue weighted by molar-refractivity contribution is 9.10. The number of halogens is 1. The molecule has 0 radical (unpaired) electrons. The highest BCUT2D eigenvalue weighted by Crippen LogP contribution is 2.27. The molecule has 0 amide bonds. The summed E-state index contributed by atoms with van der Waals surface area (Å²) in [4.78, 5) is 4.78. The van der Waals surface area contributed by atoms with Gasteiger partial charge in [-0.25, -0.2) is 4.98 Å². The fourth-order valence-electron chi connectivity index (χ4n) is 2.47. The molecule has 1 aliphatic rings. The number of rotatable bonds is 6. The van der Waals surface area contributed by atoms with Crippen molar-refractivity contribution in [1.29, 1.82) is 0 Å². The lowest BCUT2D eigenvalue weighted by Gasteiger charge is -2.08. The molecule has 0 saturated heterocycles. The summed E-state index contributed by atoms with van der Waals surface area (Å²) in [5.41, 5.74) is 2.33. The maximum atomic E-state index is 4.78. The first kappa shape index (κ1) is 13.1. The van der Waals surface area contributed by atoms with Gasteiger partial charge < -0.3 is 9.88 Å². The quantitative estimate of drug-likeness (QED) is 0.879. The summed E-state index contributed by atoms with van der Waals surface area (Å²) in [7, 11) is 0. The van der Waals surface area contributed by atoms with Gasteiger partial charge in [-0.15, -0.1) is 0 Å². The number of aryl methyl sites for hydroxylation is 1. The van der Waals surface area contributed by atoms with Gasteiger partial charge in [0.05, 0.1) is 17.6 Å². The van der Waals surface area contributed by atoms with Crippen LogP contribution >= 0.6 is 15.9 Å². The topological polar surface area (TPSA) is 29.9 Å². The van der Waals surface area contributed by atoms with Crippen molar-refractivity contribution < 1.29 is 0 Å². The van der Waals surface area contributed by atoms with Crippen LogP contribution in [0.15, 0.2) is 22.7 Å². The molecule has 1 aromatic carbocycles. The first-order chi connectivity index (χ1) is 9.28. The average Bonchev–Trinajstić information content (AvgIpc) is 3.14. The van der Waals surface area contributed by atoms with Gasteiger partial charge in [0.25, 0.3) is 0 Å². The third-order valence-electron chi connectivity index (χ3n) is 3.65. The molecule has 1 heterocycles. The van der Waals surface area contributed by atoms with E-state index in [-0.39, 0.29) is 0 Å². The maximum absolute atomic E-state index is 4.78. The van der Waals surface area contributed by atoms with Crippen LogP contribution in [-0.2, 0) is 13.1 Å². The third kappa shape index (κ3) is 3.00. The van der Waals surface area contributed by atoms with E-state index in [0.29, 0.717) is 0 Å². The van der Waals surface area contributed by atoms with Gasteiger partial charge in [-0.3, -0.25) is 0 Å². The molecule has 0 atom stereocenters. The minimum Gasteiger partial charge on any atom is -0.327 e. The minimum absolute atomic E-state index is 0.878. The Morgan fingerprint density at radius 1 is 1.42 bits per heavy atom. The number of imidazole rings is 1. The fourth-order valence-corrected chi connectivity index (χ4v) is 2.82. The zero-order valence-corrected chi connectivity index (χ0v) is 12.9. The van der Waals surface area contributed by atoms with Crippen molar-refractivity contribution in [2.45, 2.75) is 39.3 Å². The normalized spacial score (nSPS) is 15.3. The SMILES string of the molecule is CCCn1c(CNCC2CC2)nc2cc(Br)ccc21. The Labute approximate surface area is 122 Å². The molecular formula is C15H20BrN3. The van der Waals surface area contributed by atoms with E-state index < -0.39 is 0 Å². The van der Waals surface area contributed by atoms with Gasteiger partial charge in [-0.2, -0.15) is 0 Å². The molecule has 0 spiro atoms. The second-order valence-corrected chi connectivity index (χ2v) is 6.30. The molecule has 4 heteroatoms. The van der Waals surface area contributed by atoms with Gasteiger partial charge in [0, 0.05) is 11.0 Å². The Hall–Kier alpha value is -0.870. The van der Waals surface area contributed by atoms with Crippen molar-refractivity contribution in [3.05, 3.63) is 28.5 Å². The van der Waals surface area contributed by atoms with E-state index >= 15 is 0 Å². The molecule has 2 aromatic rings. The fraction of sp³-hybridized carbons (Fsp3) is 0.533. The van der Waals surface area contributed by atoms with Crippen molar-refractivity contribution in [3.8, 4) is 0 Å². The van der Waals surface area contributed by atoms with Crippen molar-refractivity contribution in [2.75, 3.05) is 6.54 Å². The van der Waals surface area contributed by atoms with E-state index in [9.17, 15) is 0 Å². The summed E-state index contributed by atoms with van der Waals surface area (Å²) in [5.74, 6) is 2.08. The number of aromatic nitrogens is 2. The molecule has 1 saturated carbocycles. The molecule has 0 bridgehead atoms. The lowest BCUT2D eigenvalue weighted by atomic mass is 10.3. The van der Waals surface area contributed by atoms with Crippen LogP contribution in [0.1, 0.15) is 32.0 Å². The van der Waals surface area contributed by atoms with Crippen LogP contribution in [-0.4, -0.2) is 16.1 Å². The number of hydrogen-bond donors (Lipinski definition) is 1. The van der Waals surface area contributed by atoms with Crippen molar-refractivity contribution in [2.24, 2.45) is 5.92 Å². The van der Waals surface area contributed by atoms with Crippen LogP contribution in [0, 0.1) is 5.92 Å². The van der Waals surface area contributed by atoms with Gasteiger partial charge in [-0.05, 0) is 49.9 Å². The van der Waals surface area contributed by atoms with Gasteiger partial charge >= 0.3 is 0 Å². The predicted octanol–water partition coefficient (Wildman–Crippen LogP) is 3.71. The summed E-state index contributed by atoms with van der Waals surface area (Å²) >= 11 is 3.52. The van der Waals surface area contributed by atoms with Crippen molar-refractivity contribution >= 4 is 27.0 Å². The van der Waals surface area contributed by atoms with Gasteiger partial charge in [-0.1, -0.05) is 22.9 Å². The largest absolute Gasteiger partial charge is 0.327 e. The zero-order valence-electron chi connectivity index (χ0n) is 11.3. The van der Waals surface area contributed by atoms with Crippen LogP contribution in [0.2, 0.25) is 0 Å². The van der Waals surface area contributed by atoms with E-state index in [2.05, 4.69) is 50.9 Å². The molecule has 0 aliphatic heterocycles. The van der Waals surface area contributed by atoms with Crippen LogP contribution in [0.5, 0.6) is 0 Å². The Morgan fingerprint density at radius 2 is 2.26 bits per heavy atom. The standard InChI is InChI=1S/C15H20BrN3/c1-2-7-19-14-6-5-12(16)8-13(14)18-15(19)10-17-9-11-3-4-11/h5-6,8,11,17H,2-4,7,9-10H2,1H3. The molecule has 1 fully saturated rings. The van der Waals surface area contributed by atoms with Gasteiger partial charge in [0.1, 0.15) is 5.82 Å². The number of nitrogens with zero attached hydrogens (tertiary/aromatic N) is 2. The highest BCUT2D eigenvalue weighted by atomic mass is 79.9. The second kappa shape index (κ2) is 5.63. The van der Waals surface area contributed by atoms with E-state index in [0.717, 1.165) is 47.8 Å². The van der Waals surface area contributed by atoms with E-state index in [4.69, 9.17) is 4.98 Å². The van der Waals surface area contributed by atoms with Crippen molar-refractivity contribution in [1.82, 2.24) is 14.9 Å². The summed E-state index contributed by atoms with van der Waals surface area (Å²) in [5, 5.41) is 3.54. The monoisotopic (exact) mass is 321 g/mol. The van der Waals surface area contributed by atoms with Crippen molar-refractivity contribution in [3.63, 3.8) is 0 Å². The summed E-state index contributed by atoms with van der Waals surface area (Å²) in [6.07, 6.45) is 3.92. The minimum atomic E-state index is 0.878. The first-order valence-electron chi connectivity index (χ1n) is 7.13. The smallest absolute Gasteiger partial charge is 0.123 e. The maximum Gasteiger partial charge on any atom is 0.123 e. The Morgan fingerprint density at radius 3 is 3.00 bits per heavy atom. The molecule has 3 nitrogen and oxygen atoms in total. The van der Waals surface area contributed by atoms with Gasteiger partial charge in [0.2, 0.25) is 0 Å². The van der Waals surface area contributed by atoms with Crippen LogP contribution in [0.25, 0.3) is 11.0 Å².